The zero-order valence-corrected chi connectivity index (χ0v) is 13.5. The van der Waals surface area contributed by atoms with Gasteiger partial charge in [-0.05, 0) is 52.0 Å². The minimum absolute atomic E-state index is 0.123. The van der Waals surface area contributed by atoms with Gasteiger partial charge in [-0.3, -0.25) is 0 Å². The van der Waals surface area contributed by atoms with Gasteiger partial charge in [0.15, 0.2) is 4.77 Å². The van der Waals surface area contributed by atoms with Crippen molar-refractivity contribution in [1.29, 1.82) is 0 Å². The van der Waals surface area contributed by atoms with Crippen LogP contribution in [-0.2, 0) is 10.3 Å². The standard InChI is InChI=1S/C15H22N2O2S/c1-10(2)19-12-8-6-7-11-13(12)16-14(20)17(11)15(3,4)9-18-5/h6-8,10H,9H2,1-5H3,(H,16,20). The Labute approximate surface area is 124 Å². The second-order valence-corrected chi connectivity index (χ2v) is 6.21. The summed E-state index contributed by atoms with van der Waals surface area (Å²) in [6, 6.07) is 6.00. The van der Waals surface area contributed by atoms with Crippen LogP contribution in [0.15, 0.2) is 18.2 Å². The van der Waals surface area contributed by atoms with Crippen molar-refractivity contribution in [3.8, 4) is 5.75 Å². The fourth-order valence-electron chi connectivity index (χ4n) is 2.47. The number of aromatic nitrogens is 2. The molecular formula is C15H22N2O2S. The van der Waals surface area contributed by atoms with Crippen molar-refractivity contribution in [1.82, 2.24) is 9.55 Å². The number of nitrogens with zero attached hydrogens (tertiary/aromatic N) is 1. The van der Waals surface area contributed by atoms with Gasteiger partial charge < -0.3 is 19.0 Å². The lowest BCUT2D eigenvalue weighted by molar-refractivity contribution is 0.111. The number of rotatable bonds is 5. The molecule has 0 saturated carbocycles. The highest BCUT2D eigenvalue weighted by Crippen LogP contribution is 2.30. The molecule has 2 aromatic rings. The molecule has 1 heterocycles. The first kappa shape index (κ1) is 15.1. The van der Waals surface area contributed by atoms with E-state index in [4.69, 9.17) is 21.7 Å². The van der Waals surface area contributed by atoms with Crippen LogP contribution in [0.5, 0.6) is 5.75 Å². The number of fused-ring (bicyclic) bond motifs is 1. The summed E-state index contributed by atoms with van der Waals surface area (Å²) in [5.41, 5.74) is 1.76. The van der Waals surface area contributed by atoms with Crippen LogP contribution in [0, 0.1) is 4.77 Å². The lowest BCUT2D eigenvalue weighted by atomic mass is 10.1. The first-order valence-electron chi connectivity index (χ1n) is 6.76. The molecule has 2 rings (SSSR count). The summed E-state index contributed by atoms with van der Waals surface area (Å²) in [6.07, 6.45) is 0.123. The molecule has 0 atom stereocenters. The monoisotopic (exact) mass is 294 g/mol. The minimum atomic E-state index is -0.222. The molecule has 0 bridgehead atoms. The Kier molecular flexibility index (Phi) is 4.20. The second kappa shape index (κ2) is 5.58. The van der Waals surface area contributed by atoms with Gasteiger partial charge in [0.25, 0.3) is 0 Å². The molecule has 0 aliphatic heterocycles. The molecule has 0 fully saturated rings. The summed E-state index contributed by atoms with van der Waals surface area (Å²) in [7, 11) is 1.70. The van der Waals surface area contributed by atoms with Crippen molar-refractivity contribution in [2.75, 3.05) is 13.7 Å². The van der Waals surface area contributed by atoms with Gasteiger partial charge in [-0.15, -0.1) is 0 Å². The molecule has 1 aromatic carbocycles. The van der Waals surface area contributed by atoms with Crippen LogP contribution in [0.1, 0.15) is 27.7 Å². The van der Waals surface area contributed by atoms with E-state index in [1.165, 1.54) is 0 Å². The topological polar surface area (TPSA) is 39.2 Å². The summed E-state index contributed by atoms with van der Waals surface area (Å²) in [6.45, 7) is 8.83. The average Bonchev–Trinajstić information content (AvgIpc) is 2.66. The highest BCUT2D eigenvalue weighted by Gasteiger charge is 2.24. The molecule has 0 amide bonds. The van der Waals surface area contributed by atoms with Crippen molar-refractivity contribution < 1.29 is 9.47 Å². The van der Waals surface area contributed by atoms with Crippen molar-refractivity contribution in [3.05, 3.63) is 23.0 Å². The van der Waals surface area contributed by atoms with Crippen molar-refractivity contribution in [2.24, 2.45) is 0 Å². The van der Waals surface area contributed by atoms with Gasteiger partial charge in [0.1, 0.15) is 11.3 Å². The number of imidazole rings is 1. The number of hydrogen-bond acceptors (Lipinski definition) is 3. The molecule has 1 N–H and O–H groups in total. The van der Waals surface area contributed by atoms with Gasteiger partial charge in [-0.2, -0.15) is 0 Å². The smallest absolute Gasteiger partial charge is 0.178 e. The first-order chi connectivity index (χ1) is 9.36. The Hall–Kier alpha value is -1.33. The molecule has 1 aromatic heterocycles. The molecule has 0 saturated heterocycles. The first-order valence-corrected chi connectivity index (χ1v) is 7.17. The Balaban J connectivity index is 2.64. The fourth-order valence-corrected chi connectivity index (χ4v) is 2.92. The van der Waals surface area contributed by atoms with E-state index >= 15 is 0 Å². The fraction of sp³-hybridized carbons (Fsp3) is 0.533. The Bertz CT molecular complexity index is 655. The van der Waals surface area contributed by atoms with Crippen LogP contribution in [0.2, 0.25) is 0 Å². The number of aromatic amines is 1. The quantitative estimate of drug-likeness (QED) is 0.851. The van der Waals surface area contributed by atoms with E-state index in [1.807, 2.05) is 32.0 Å². The van der Waals surface area contributed by atoms with Crippen LogP contribution in [0.25, 0.3) is 11.0 Å². The average molecular weight is 294 g/mol. The normalized spacial score (nSPS) is 12.3. The summed E-state index contributed by atoms with van der Waals surface area (Å²) in [5, 5.41) is 0. The van der Waals surface area contributed by atoms with Gasteiger partial charge in [0.2, 0.25) is 0 Å². The van der Waals surface area contributed by atoms with E-state index < -0.39 is 0 Å². The lowest BCUT2D eigenvalue weighted by Gasteiger charge is -2.26. The summed E-state index contributed by atoms with van der Waals surface area (Å²) in [5.74, 6) is 0.829. The van der Waals surface area contributed by atoms with Gasteiger partial charge in [-0.1, -0.05) is 6.07 Å². The van der Waals surface area contributed by atoms with E-state index in [0.29, 0.717) is 11.4 Å². The highest BCUT2D eigenvalue weighted by atomic mass is 32.1. The van der Waals surface area contributed by atoms with Crippen LogP contribution >= 0.6 is 12.2 Å². The number of H-pyrrole nitrogens is 1. The van der Waals surface area contributed by atoms with Gasteiger partial charge >= 0.3 is 0 Å². The molecule has 0 unspecified atom stereocenters. The number of methoxy groups -OCH3 is 1. The maximum atomic E-state index is 5.85. The summed E-state index contributed by atoms with van der Waals surface area (Å²) < 4.78 is 13.9. The highest BCUT2D eigenvalue weighted by molar-refractivity contribution is 7.71. The van der Waals surface area contributed by atoms with E-state index in [1.54, 1.807) is 7.11 Å². The third-order valence-electron chi connectivity index (χ3n) is 3.15. The van der Waals surface area contributed by atoms with Crippen LogP contribution in [0.4, 0.5) is 0 Å². The predicted molar refractivity (Wildman–Crippen MR) is 84.1 cm³/mol. The molecule has 110 valence electrons. The Morgan fingerprint density at radius 3 is 2.65 bits per heavy atom. The van der Waals surface area contributed by atoms with Crippen molar-refractivity contribution in [2.45, 2.75) is 39.3 Å². The molecule has 0 radical (unpaired) electrons. The molecule has 5 heteroatoms. The van der Waals surface area contributed by atoms with E-state index in [9.17, 15) is 0 Å². The zero-order valence-electron chi connectivity index (χ0n) is 12.7. The summed E-state index contributed by atoms with van der Waals surface area (Å²) in [4.78, 5) is 3.26. The number of para-hydroxylation sites is 1. The lowest BCUT2D eigenvalue weighted by Crippen LogP contribution is -2.31. The largest absolute Gasteiger partial charge is 0.489 e. The van der Waals surface area contributed by atoms with Gasteiger partial charge in [-0.25, -0.2) is 0 Å². The number of nitrogens with one attached hydrogen (secondary N) is 1. The van der Waals surface area contributed by atoms with Crippen LogP contribution < -0.4 is 4.74 Å². The third kappa shape index (κ3) is 2.74. The molecule has 20 heavy (non-hydrogen) atoms. The van der Waals surface area contributed by atoms with Crippen molar-refractivity contribution >= 4 is 23.3 Å². The van der Waals surface area contributed by atoms with Crippen molar-refractivity contribution in [3.63, 3.8) is 0 Å². The van der Waals surface area contributed by atoms with E-state index in [-0.39, 0.29) is 11.6 Å². The zero-order chi connectivity index (χ0) is 14.9. The number of hydrogen-bond donors (Lipinski definition) is 1. The molecule has 0 aliphatic carbocycles. The predicted octanol–water partition coefficient (Wildman–Crippen LogP) is 3.87. The number of benzene rings is 1. The molecule has 0 aliphatic rings. The summed E-state index contributed by atoms with van der Waals surface area (Å²) >= 11 is 5.48. The van der Waals surface area contributed by atoms with Gasteiger partial charge in [0, 0.05) is 7.11 Å². The Morgan fingerprint density at radius 1 is 1.35 bits per heavy atom. The van der Waals surface area contributed by atoms with E-state index in [2.05, 4.69) is 23.4 Å². The Morgan fingerprint density at radius 2 is 2.05 bits per heavy atom. The minimum Gasteiger partial charge on any atom is -0.489 e. The number of ether oxygens (including phenoxy) is 2. The van der Waals surface area contributed by atoms with Crippen LogP contribution in [-0.4, -0.2) is 29.4 Å². The SMILES string of the molecule is COCC(C)(C)n1c(=S)[nH]c2c(OC(C)C)cccc21. The molecule has 0 spiro atoms. The van der Waals surface area contributed by atoms with Gasteiger partial charge in [0.05, 0.1) is 23.8 Å². The third-order valence-corrected chi connectivity index (χ3v) is 3.43. The molecular weight excluding hydrogens is 272 g/mol. The van der Waals surface area contributed by atoms with E-state index in [0.717, 1.165) is 16.8 Å². The maximum Gasteiger partial charge on any atom is 0.178 e. The molecule has 4 nitrogen and oxygen atoms in total. The second-order valence-electron chi connectivity index (χ2n) is 5.83. The maximum absolute atomic E-state index is 5.85. The van der Waals surface area contributed by atoms with Crippen LogP contribution in [0.3, 0.4) is 0 Å².